The molecule has 1 saturated heterocycles. The summed E-state index contributed by atoms with van der Waals surface area (Å²) in [6.45, 7) is -0.396. The Bertz CT molecular complexity index is 670. The van der Waals surface area contributed by atoms with Gasteiger partial charge in [0.2, 0.25) is 5.95 Å². The van der Waals surface area contributed by atoms with Crippen molar-refractivity contribution in [2.75, 3.05) is 12.3 Å². The number of hydrogen-bond donors (Lipinski definition) is 4. The van der Waals surface area contributed by atoms with Gasteiger partial charge in [0.25, 0.3) is 0 Å². The lowest BCUT2D eigenvalue weighted by molar-refractivity contribution is -0.0511. The van der Waals surface area contributed by atoms with E-state index in [1.54, 1.807) is 0 Å². The molecule has 1 aliphatic rings. The Kier molecular flexibility index (Phi) is 4.20. The highest BCUT2D eigenvalue weighted by Crippen LogP contribution is 2.34. The van der Waals surface area contributed by atoms with Crippen LogP contribution in [0.15, 0.2) is 11.4 Å². The second-order valence-corrected chi connectivity index (χ2v) is 6.38. The zero-order chi connectivity index (χ0) is 15.1. The van der Waals surface area contributed by atoms with Gasteiger partial charge in [-0.15, -0.1) is 0 Å². The first-order valence-corrected chi connectivity index (χ1v) is 9.33. The molecule has 0 aliphatic carbocycles. The van der Waals surface area contributed by atoms with Crippen LogP contribution < -0.4 is 5.73 Å². The summed E-state index contributed by atoms with van der Waals surface area (Å²) in [6.07, 6.45) is -2.71. The highest BCUT2D eigenvalue weighted by atomic mass is 127. The van der Waals surface area contributed by atoms with Gasteiger partial charge in [0.15, 0.2) is 11.9 Å². The molecular formula is C10H12IN5O4S. The van der Waals surface area contributed by atoms with Gasteiger partial charge in [0, 0.05) is 21.2 Å². The Hall–Kier alpha value is -0.730. The van der Waals surface area contributed by atoms with Crippen molar-refractivity contribution in [3.8, 4) is 0 Å². The minimum absolute atomic E-state index is 0.0789. The molecule has 1 fully saturated rings. The van der Waals surface area contributed by atoms with E-state index < -0.39 is 31.1 Å². The summed E-state index contributed by atoms with van der Waals surface area (Å²) in [6, 6.07) is 0. The molecule has 114 valence electrons. The van der Waals surface area contributed by atoms with E-state index in [-0.39, 0.29) is 5.95 Å². The average molecular weight is 425 g/mol. The van der Waals surface area contributed by atoms with Crippen molar-refractivity contribution >= 4 is 47.3 Å². The van der Waals surface area contributed by atoms with Crippen LogP contribution in [0, 0.1) is 0 Å². The van der Waals surface area contributed by atoms with Gasteiger partial charge >= 0.3 is 0 Å². The number of fused-ring (bicyclic) bond motifs is 1. The van der Waals surface area contributed by atoms with Gasteiger partial charge in [-0.1, -0.05) is 0 Å². The van der Waals surface area contributed by atoms with Crippen LogP contribution in [0.1, 0.15) is 6.23 Å². The van der Waals surface area contributed by atoms with Crippen LogP contribution in [0.2, 0.25) is 0 Å². The highest BCUT2D eigenvalue weighted by molar-refractivity contribution is 14.2. The van der Waals surface area contributed by atoms with Crippen molar-refractivity contribution in [1.82, 2.24) is 19.5 Å². The molecule has 1 aliphatic heterocycles. The Morgan fingerprint density at radius 1 is 1.38 bits per heavy atom. The largest absolute Gasteiger partial charge is 0.394 e. The maximum Gasteiger partial charge on any atom is 0.223 e. The number of aromatic nitrogens is 4. The molecular weight excluding hydrogens is 413 g/mol. The Morgan fingerprint density at radius 3 is 2.76 bits per heavy atom. The van der Waals surface area contributed by atoms with Crippen molar-refractivity contribution in [2.24, 2.45) is 0 Å². The Morgan fingerprint density at radius 2 is 2.14 bits per heavy atom. The number of imidazole rings is 1. The number of rotatable bonds is 3. The van der Waals surface area contributed by atoms with Crippen LogP contribution >= 0.6 is 30.1 Å². The first kappa shape index (κ1) is 15.2. The van der Waals surface area contributed by atoms with E-state index in [0.29, 0.717) is 16.2 Å². The summed E-state index contributed by atoms with van der Waals surface area (Å²) < 4.78 is 6.94. The van der Waals surface area contributed by atoms with Crippen LogP contribution in [0.4, 0.5) is 5.95 Å². The first-order valence-electron chi connectivity index (χ1n) is 5.98. The van der Waals surface area contributed by atoms with Crippen molar-refractivity contribution in [3.63, 3.8) is 0 Å². The van der Waals surface area contributed by atoms with Gasteiger partial charge in [-0.05, 0) is 8.93 Å². The summed E-state index contributed by atoms with van der Waals surface area (Å²) in [7, 11) is 1.35. The molecule has 0 aromatic carbocycles. The van der Waals surface area contributed by atoms with Gasteiger partial charge < -0.3 is 25.8 Å². The summed E-state index contributed by atoms with van der Waals surface area (Å²) in [5, 5.41) is 29.6. The summed E-state index contributed by atoms with van der Waals surface area (Å²) in [4.78, 5) is 12.4. The molecule has 5 N–H and O–H groups in total. The van der Waals surface area contributed by atoms with Crippen molar-refractivity contribution < 1.29 is 20.1 Å². The molecule has 3 rings (SSSR count). The maximum absolute atomic E-state index is 10.1. The van der Waals surface area contributed by atoms with Crippen molar-refractivity contribution in [3.05, 3.63) is 6.33 Å². The number of ether oxygens (including phenoxy) is 1. The SMILES string of the molecule is Nc1nc(SI)c2ncn([C@@H]3O[C@H](CO)[C@@H](O)[C@H]3O)c2n1. The van der Waals surface area contributed by atoms with Gasteiger partial charge in [-0.25, -0.2) is 9.97 Å². The van der Waals surface area contributed by atoms with Crippen molar-refractivity contribution in [2.45, 2.75) is 29.6 Å². The van der Waals surface area contributed by atoms with E-state index in [1.165, 1.54) is 19.8 Å². The number of nitrogens with zero attached hydrogens (tertiary/aromatic N) is 4. The topological polar surface area (TPSA) is 140 Å². The number of anilines is 1. The quantitative estimate of drug-likeness (QED) is 0.377. The molecule has 0 saturated carbocycles. The predicted octanol–water partition coefficient (Wildman–Crippen LogP) is -0.538. The fraction of sp³-hybridized carbons (Fsp3) is 0.500. The van der Waals surface area contributed by atoms with Crippen LogP contribution in [0.5, 0.6) is 0 Å². The van der Waals surface area contributed by atoms with E-state index in [9.17, 15) is 10.2 Å². The third-order valence-corrected chi connectivity index (χ3v) is 4.95. The molecule has 2 aromatic rings. The molecule has 3 heterocycles. The predicted molar refractivity (Wildman–Crippen MR) is 82.6 cm³/mol. The lowest BCUT2D eigenvalue weighted by Gasteiger charge is -2.16. The maximum atomic E-state index is 10.1. The summed E-state index contributed by atoms with van der Waals surface area (Å²) in [5.41, 5.74) is 6.60. The summed E-state index contributed by atoms with van der Waals surface area (Å²) in [5.74, 6) is 0.0789. The number of hydrogen-bond acceptors (Lipinski definition) is 9. The lowest BCUT2D eigenvalue weighted by Crippen LogP contribution is -2.33. The zero-order valence-corrected chi connectivity index (χ0v) is 13.5. The molecule has 2 aromatic heterocycles. The molecule has 21 heavy (non-hydrogen) atoms. The van der Waals surface area contributed by atoms with E-state index in [1.807, 2.05) is 0 Å². The molecule has 0 radical (unpaired) electrons. The van der Waals surface area contributed by atoms with Gasteiger partial charge in [0.05, 0.1) is 12.9 Å². The molecule has 0 unspecified atom stereocenters. The molecule has 9 nitrogen and oxygen atoms in total. The monoisotopic (exact) mass is 425 g/mol. The lowest BCUT2D eigenvalue weighted by atomic mass is 10.1. The molecule has 11 heteroatoms. The summed E-state index contributed by atoms with van der Waals surface area (Å²) >= 11 is 2.06. The highest BCUT2D eigenvalue weighted by Gasteiger charge is 2.44. The van der Waals surface area contributed by atoms with Crippen LogP contribution in [0.25, 0.3) is 11.2 Å². The van der Waals surface area contributed by atoms with Gasteiger partial charge in [-0.3, -0.25) is 4.57 Å². The van der Waals surface area contributed by atoms with Crippen LogP contribution in [-0.2, 0) is 4.74 Å². The minimum atomic E-state index is -1.20. The molecule has 0 spiro atoms. The second kappa shape index (κ2) is 5.81. The third kappa shape index (κ3) is 2.47. The van der Waals surface area contributed by atoms with Crippen LogP contribution in [0.3, 0.4) is 0 Å². The van der Waals surface area contributed by atoms with Gasteiger partial charge in [-0.2, -0.15) is 4.98 Å². The normalized spacial score (nSPS) is 29.3. The minimum Gasteiger partial charge on any atom is -0.394 e. The van der Waals surface area contributed by atoms with E-state index in [0.717, 1.165) is 0 Å². The van der Waals surface area contributed by atoms with E-state index in [2.05, 4.69) is 36.2 Å². The first-order chi connectivity index (χ1) is 10.1. The zero-order valence-electron chi connectivity index (χ0n) is 10.5. The van der Waals surface area contributed by atoms with Gasteiger partial charge in [0.1, 0.15) is 28.9 Å². The Labute approximate surface area is 135 Å². The number of nitrogen functional groups attached to an aromatic ring is 1. The van der Waals surface area contributed by atoms with Crippen molar-refractivity contribution in [1.29, 1.82) is 0 Å². The molecule has 0 amide bonds. The standard InChI is InChI=1S/C10H12IN5O4S/c11-21-8-4-7(14-10(12)15-8)16(2-13-4)9-6(19)5(18)3(1-17)20-9/h2-3,5-6,9,17-19H,1H2,(H2,12,14,15)/t3-,5-,6-,9-/m1/s1. The fourth-order valence-electron chi connectivity index (χ4n) is 2.26. The smallest absolute Gasteiger partial charge is 0.223 e. The van der Waals surface area contributed by atoms with E-state index in [4.69, 9.17) is 15.6 Å². The number of aliphatic hydroxyl groups excluding tert-OH is 3. The number of aliphatic hydroxyl groups is 3. The number of halogens is 1. The Balaban J connectivity index is 2.07. The van der Waals surface area contributed by atoms with Crippen LogP contribution in [-0.4, -0.2) is 59.8 Å². The average Bonchev–Trinajstić information content (AvgIpc) is 3.01. The third-order valence-electron chi connectivity index (χ3n) is 3.27. The second-order valence-electron chi connectivity index (χ2n) is 4.52. The molecule has 4 atom stereocenters. The van der Waals surface area contributed by atoms with E-state index >= 15 is 0 Å². The fourth-order valence-corrected chi connectivity index (χ4v) is 3.52. The molecule has 0 bridgehead atoms. The number of nitrogens with two attached hydrogens (primary N) is 1.